The molecule has 0 saturated carbocycles. The molecule has 184 valence electrons. The highest BCUT2D eigenvalue weighted by Gasteiger charge is 2.27. The van der Waals surface area contributed by atoms with Crippen molar-refractivity contribution in [2.24, 2.45) is 0 Å². The number of rotatable bonds is 7. The van der Waals surface area contributed by atoms with E-state index in [4.69, 9.17) is 11.6 Å². The van der Waals surface area contributed by atoms with Gasteiger partial charge in [-0.3, -0.25) is 4.79 Å². The van der Waals surface area contributed by atoms with Crippen LogP contribution in [0.1, 0.15) is 74.9 Å². The van der Waals surface area contributed by atoms with E-state index in [-0.39, 0.29) is 18.7 Å². The first-order chi connectivity index (χ1) is 15.6. The van der Waals surface area contributed by atoms with Crippen LogP contribution >= 0.6 is 11.6 Å². The van der Waals surface area contributed by atoms with Crippen LogP contribution in [0, 0.1) is 6.92 Å². The van der Waals surface area contributed by atoms with Crippen LogP contribution in [0.3, 0.4) is 0 Å². The van der Waals surface area contributed by atoms with Gasteiger partial charge in [-0.25, -0.2) is 0 Å². The summed E-state index contributed by atoms with van der Waals surface area (Å²) in [5.74, 6) is 0.681. The first kappa shape index (κ1) is 27.3. The Bertz CT molecular complexity index is 876. The number of alkyl halides is 4. The lowest BCUT2D eigenvalue weighted by atomic mass is 9.88. The number of aromatic nitrogens is 1. The van der Waals surface area contributed by atoms with Crippen LogP contribution in [0.25, 0.3) is 5.69 Å². The summed E-state index contributed by atoms with van der Waals surface area (Å²) in [6.45, 7) is 8.51. The van der Waals surface area contributed by atoms with Gasteiger partial charge in [0.2, 0.25) is 5.91 Å². The van der Waals surface area contributed by atoms with E-state index in [1.54, 1.807) is 0 Å². The van der Waals surface area contributed by atoms with Crippen molar-refractivity contribution in [1.82, 2.24) is 9.47 Å². The molecule has 1 saturated heterocycles. The molecule has 1 fully saturated rings. The highest BCUT2D eigenvalue weighted by atomic mass is 35.5. The SMILES string of the molecule is CC(F)(F)F.CCCCc1ccc(-n2c(C)cc(C3CCN(C(=O)CCl)CC3)c2CC)cc1. The molecule has 1 aromatic heterocycles. The van der Waals surface area contributed by atoms with Gasteiger partial charge in [0.25, 0.3) is 0 Å². The summed E-state index contributed by atoms with van der Waals surface area (Å²) in [7, 11) is 0. The van der Waals surface area contributed by atoms with Gasteiger partial charge in [-0.05, 0) is 74.3 Å². The molecule has 0 aliphatic carbocycles. The molecule has 1 aliphatic heterocycles. The van der Waals surface area contributed by atoms with Crippen molar-refractivity contribution in [2.75, 3.05) is 19.0 Å². The van der Waals surface area contributed by atoms with Gasteiger partial charge in [-0.1, -0.05) is 32.4 Å². The van der Waals surface area contributed by atoms with Crippen LogP contribution in [-0.4, -0.2) is 40.5 Å². The third-order valence-corrected chi connectivity index (χ3v) is 6.30. The normalized spacial score (nSPS) is 14.7. The fraction of sp³-hybridized carbons (Fsp3) is 0.577. The number of piperidine rings is 1. The average molecular weight is 485 g/mol. The van der Waals surface area contributed by atoms with Gasteiger partial charge in [0.05, 0.1) is 0 Å². The first-order valence-corrected chi connectivity index (χ1v) is 12.3. The molecule has 0 N–H and O–H groups in total. The van der Waals surface area contributed by atoms with E-state index in [9.17, 15) is 18.0 Å². The number of aryl methyl sites for hydroxylation is 2. The Morgan fingerprint density at radius 2 is 1.70 bits per heavy atom. The van der Waals surface area contributed by atoms with Crippen molar-refractivity contribution in [3.8, 4) is 5.69 Å². The maximum absolute atomic E-state index is 11.9. The van der Waals surface area contributed by atoms with Crippen LogP contribution in [-0.2, 0) is 17.6 Å². The van der Waals surface area contributed by atoms with Crippen molar-refractivity contribution in [3.05, 3.63) is 52.8 Å². The van der Waals surface area contributed by atoms with Crippen molar-refractivity contribution in [1.29, 1.82) is 0 Å². The quantitative estimate of drug-likeness (QED) is 0.381. The predicted octanol–water partition coefficient (Wildman–Crippen LogP) is 7.20. The lowest BCUT2D eigenvalue weighted by molar-refractivity contribution is -0.129. The summed E-state index contributed by atoms with van der Waals surface area (Å²) >= 11 is 5.72. The minimum atomic E-state index is -4.00. The van der Waals surface area contributed by atoms with Gasteiger partial charge in [0.1, 0.15) is 5.88 Å². The molecule has 1 aliphatic rings. The Morgan fingerprint density at radius 1 is 1.12 bits per heavy atom. The fourth-order valence-electron chi connectivity index (χ4n) is 4.51. The third-order valence-electron chi connectivity index (χ3n) is 6.07. The summed E-state index contributed by atoms with van der Waals surface area (Å²) in [6, 6.07) is 11.5. The number of likely N-dealkylation sites (tertiary alicyclic amines) is 1. The number of benzene rings is 1. The van der Waals surface area contributed by atoms with E-state index in [0.29, 0.717) is 5.92 Å². The number of nitrogens with zero attached hydrogens (tertiary/aromatic N) is 2. The average Bonchev–Trinajstić information content (AvgIpc) is 3.12. The van der Waals surface area contributed by atoms with Gasteiger partial charge in [0.15, 0.2) is 0 Å². The largest absolute Gasteiger partial charge is 0.386 e. The van der Waals surface area contributed by atoms with Crippen molar-refractivity contribution >= 4 is 17.5 Å². The number of amides is 1. The molecule has 0 bridgehead atoms. The zero-order valence-electron chi connectivity index (χ0n) is 20.1. The Balaban J connectivity index is 0.000000696. The molecule has 2 aromatic rings. The van der Waals surface area contributed by atoms with Crippen LogP contribution in [0.5, 0.6) is 0 Å². The molecule has 0 radical (unpaired) electrons. The van der Waals surface area contributed by atoms with E-state index in [2.05, 4.69) is 55.7 Å². The highest BCUT2D eigenvalue weighted by Crippen LogP contribution is 2.34. The maximum atomic E-state index is 11.9. The summed E-state index contributed by atoms with van der Waals surface area (Å²) in [5, 5.41) is 0. The number of halogens is 4. The molecule has 7 heteroatoms. The van der Waals surface area contributed by atoms with Gasteiger partial charge >= 0.3 is 6.18 Å². The van der Waals surface area contributed by atoms with Crippen LogP contribution in [0.4, 0.5) is 13.2 Å². The van der Waals surface area contributed by atoms with E-state index < -0.39 is 6.18 Å². The van der Waals surface area contributed by atoms with Gasteiger partial charge in [-0.2, -0.15) is 13.2 Å². The second-order valence-electron chi connectivity index (χ2n) is 8.72. The topological polar surface area (TPSA) is 25.2 Å². The minimum absolute atomic E-state index is 0.0627. The third kappa shape index (κ3) is 8.09. The minimum Gasteiger partial charge on any atom is -0.342 e. The van der Waals surface area contributed by atoms with E-state index in [1.807, 2.05) is 4.90 Å². The summed E-state index contributed by atoms with van der Waals surface area (Å²) in [5.41, 5.74) is 6.86. The first-order valence-electron chi connectivity index (χ1n) is 11.8. The summed E-state index contributed by atoms with van der Waals surface area (Å²) < 4.78 is 33.5. The number of hydrogen-bond acceptors (Lipinski definition) is 1. The standard InChI is InChI=1S/C24H33ClN2O.C2H3F3/c1-4-6-7-19-8-10-21(11-9-19)27-18(3)16-22(23(27)5-2)20-12-14-26(15-13-20)24(28)17-25;1-2(3,4)5/h8-11,16,20H,4-7,12-15,17H2,1-3H3;1H3. The fourth-order valence-corrected chi connectivity index (χ4v) is 4.68. The molecule has 3 nitrogen and oxygen atoms in total. The molecule has 1 aromatic carbocycles. The van der Waals surface area contributed by atoms with E-state index >= 15 is 0 Å². The molecule has 0 atom stereocenters. The molecule has 3 rings (SSSR count). The van der Waals surface area contributed by atoms with Crippen LogP contribution in [0.15, 0.2) is 30.3 Å². The number of carbonyl (C=O) groups is 1. The van der Waals surface area contributed by atoms with Crippen molar-refractivity contribution in [3.63, 3.8) is 0 Å². The van der Waals surface area contributed by atoms with Crippen molar-refractivity contribution < 1.29 is 18.0 Å². The number of unbranched alkanes of at least 4 members (excludes halogenated alkanes) is 1. The summed E-state index contributed by atoms with van der Waals surface area (Å²) in [6.07, 6.45) is 2.70. The molecule has 2 heterocycles. The van der Waals surface area contributed by atoms with Crippen LogP contribution in [0.2, 0.25) is 0 Å². The Morgan fingerprint density at radius 3 is 2.18 bits per heavy atom. The van der Waals surface area contributed by atoms with Gasteiger partial charge in [0, 0.05) is 37.1 Å². The molecule has 0 unspecified atom stereocenters. The molecular weight excluding hydrogens is 449 g/mol. The number of hydrogen-bond donors (Lipinski definition) is 0. The van der Waals surface area contributed by atoms with E-state index in [0.717, 1.165) is 38.8 Å². The molecule has 33 heavy (non-hydrogen) atoms. The lowest BCUT2D eigenvalue weighted by Gasteiger charge is -2.32. The molecule has 0 spiro atoms. The molecule has 1 amide bonds. The predicted molar refractivity (Wildman–Crippen MR) is 130 cm³/mol. The van der Waals surface area contributed by atoms with Gasteiger partial charge < -0.3 is 9.47 Å². The smallest absolute Gasteiger partial charge is 0.342 e. The van der Waals surface area contributed by atoms with Crippen LogP contribution < -0.4 is 0 Å². The Labute approximate surface area is 200 Å². The maximum Gasteiger partial charge on any atom is 0.386 e. The Hall–Kier alpha value is -1.95. The Kier molecular flexibility index (Phi) is 10.3. The highest BCUT2D eigenvalue weighted by molar-refractivity contribution is 6.27. The second kappa shape index (κ2) is 12.5. The van der Waals surface area contributed by atoms with Crippen molar-refractivity contribution in [2.45, 2.75) is 78.3 Å². The zero-order chi connectivity index (χ0) is 24.6. The van der Waals surface area contributed by atoms with E-state index in [1.165, 1.54) is 41.0 Å². The molecular formula is C26H36ClF3N2O. The second-order valence-corrected chi connectivity index (χ2v) is 8.98. The zero-order valence-corrected chi connectivity index (χ0v) is 20.9. The number of carbonyl (C=O) groups excluding carboxylic acids is 1. The monoisotopic (exact) mass is 484 g/mol. The summed E-state index contributed by atoms with van der Waals surface area (Å²) in [4.78, 5) is 13.8. The lowest BCUT2D eigenvalue weighted by Crippen LogP contribution is -2.38. The van der Waals surface area contributed by atoms with Gasteiger partial charge in [-0.15, -0.1) is 11.6 Å².